The molecule has 1 heterocycles. The Labute approximate surface area is 114 Å². The van der Waals surface area contributed by atoms with Crippen LogP contribution in [0.5, 0.6) is 0 Å². The molecule has 0 saturated carbocycles. The van der Waals surface area contributed by atoms with Crippen LogP contribution in [0.15, 0.2) is 0 Å². The van der Waals surface area contributed by atoms with Crippen molar-refractivity contribution in [3.05, 3.63) is 0 Å². The number of amides is 2. The number of nitrogens with zero attached hydrogens (tertiary/aromatic N) is 1. The first-order chi connectivity index (χ1) is 6.43. The van der Waals surface area contributed by atoms with E-state index in [1.54, 1.807) is 0 Å². The Bertz CT molecular complexity index is 371. The Morgan fingerprint density at radius 2 is 1.94 bits per heavy atom. The molecule has 1 fully saturated rings. The molecule has 1 atom stereocenters. The number of imide groups is 1. The maximum absolute atomic E-state index is 11.1. The molecule has 1 rings (SSSR count). The molecule has 0 aromatic carbocycles. The fourth-order valence-electron chi connectivity index (χ4n) is 0.957. The first kappa shape index (κ1) is 17.9. The number of hydroxylamine groups is 2. The van der Waals surface area contributed by atoms with Gasteiger partial charge in [-0.25, -0.2) is 4.79 Å². The molecule has 3 N–H and O–H groups in total. The monoisotopic (exact) mass is 262 g/mol. The minimum absolute atomic E-state index is 0. The average molecular weight is 262 g/mol. The smallest absolute Gasteiger partial charge is 0.457 e. The van der Waals surface area contributed by atoms with Crippen molar-refractivity contribution < 1.29 is 62.7 Å². The second-order valence-corrected chi connectivity index (χ2v) is 3.65. The van der Waals surface area contributed by atoms with E-state index in [2.05, 4.69) is 4.84 Å². The summed E-state index contributed by atoms with van der Waals surface area (Å²) in [7, 11) is -2.68. The van der Waals surface area contributed by atoms with Gasteiger partial charge in [0.25, 0.3) is 11.8 Å². The van der Waals surface area contributed by atoms with E-state index in [4.69, 9.17) is 0 Å². The van der Waals surface area contributed by atoms with Crippen LogP contribution in [-0.2, 0) is 43.8 Å². The van der Waals surface area contributed by atoms with Crippen LogP contribution < -0.4 is 29.6 Å². The third-order valence-electron chi connectivity index (χ3n) is 1.51. The van der Waals surface area contributed by atoms with Gasteiger partial charge in [0.15, 0.2) is 0 Å². The summed E-state index contributed by atoms with van der Waals surface area (Å²) in [6.07, 6.45) is -0.484. The van der Waals surface area contributed by atoms with Crippen LogP contribution in [0.25, 0.3) is 0 Å². The van der Waals surface area contributed by atoms with E-state index in [0.29, 0.717) is 0 Å². The Hall–Kier alpha value is -0.480. The summed E-state index contributed by atoms with van der Waals surface area (Å²) in [5.41, 5.74) is 0. The molecule has 16 heavy (non-hydrogen) atoms. The Kier molecular flexibility index (Phi) is 7.79. The molecule has 0 aromatic rings. The maximum Gasteiger partial charge on any atom is 1.00 e. The average Bonchev–Trinajstić information content (AvgIpc) is 2.31. The Morgan fingerprint density at radius 1 is 1.44 bits per heavy atom. The van der Waals surface area contributed by atoms with Gasteiger partial charge in [-0.1, -0.05) is 10.7 Å². The van der Waals surface area contributed by atoms with Crippen molar-refractivity contribution >= 4 is 28.5 Å². The summed E-state index contributed by atoms with van der Waals surface area (Å²) in [5, 5.41) is -1.26. The molecule has 10 heteroatoms. The quantitative estimate of drug-likeness (QED) is 0.212. The fraction of sp³-hybridized carbons (Fsp3) is 0.500. The Morgan fingerprint density at radius 3 is 2.25 bits per heavy atom. The van der Waals surface area contributed by atoms with Gasteiger partial charge >= 0.3 is 35.5 Å². The molecule has 0 bridgehead atoms. The SMILES string of the molecule is CC(=O)ON1C(=O)CC([S-](=O)=O)C1=O.[Na+].[OH3+]. The zero-order chi connectivity index (χ0) is 10.9. The first-order valence-corrected chi connectivity index (χ1v) is 4.70. The van der Waals surface area contributed by atoms with Gasteiger partial charge in [-0.2, -0.15) is 0 Å². The van der Waals surface area contributed by atoms with Gasteiger partial charge < -0.3 is 18.7 Å². The number of carbonyl (C=O) groups excluding carboxylic acids is 3. The molecular weight excluding hydrogens is 253 g/mol. The first-order valence-electron chi connectivity index (χ1n) is 3.57. The molecule has 0 aromatic heterocycles. The summed E-state index contributed by atoms with van der Waals surface area (Å²) in [6.45, 7) is 1.00. The van der Waals surface area contributed by atoms with Crippen molar-refractivity contribution in [1.29, 1.82) is 0 Å². The maximum atomic E-state index is 11.1. The number of hydrogen-bond donors (Lipinski definition) is 0. The molecule has 1 unspecified atom stereocenters. The molecule has 1 aliphatic rings. The van der Waals surface area contributed by atoms with Crippen LogP contribution in [0.2, 0.25) is 0 Å². The van der Waals surface area contributed by atoms with Crippen molar-refractivity contribution in [2.24, 2.45) is 0 Å². The summed E-state index contributed by atoms with van der Waals surface area (Å²) in [4.78, 5) is 36.8. The predicted octanol–water partition coefficient (Wildman–Crippen LogP) is -5.02. The van der Waals surface area contributed by atoms with Crippen molar-refractivity contribution in [2.45, 2.75) is 18.6 Å². The van der Waals surface area contributed by atoms with Gasteiger partial charge in [-0.3, -0.25) is 9.59 Å². The van der Waals surface area contributed by atoms with Crippen LogP contribution in [-0.4, -0.2) is 28.1 Å². The van der Waals surface area contributed by atoms with Crippen LogP contribution >= 0.6 is 0 Å². The standard InChI is InChI=1S/C6H6NO6S.Na.H2O/c1-3(8)13-7-5(9)2-4(6(7)10)14(11)12;;/h4H,2H2,1H3;;1H2/q-1;+1;/p+1. The summed E-state index contributed by atoms with van der Waals surface area (Å²) < 4.78 is 20.9. The van der Waals surface area contributed by atoms with E-state index in [9.17, 15) is 22.8 Å². The zero-order valence-corrected chi connectivity index (χ0v) is 11.5. The summed E-state index contributed by atoms with van der Waals surface area (Å²) in [6, 6.07) is 0. The summed E-state index contributed by atoms with van der Waals surface area (Å²) in [5.74, 6) is -2.72. The fourth-order valence-corrected chi connectivity index (χ4v) is 1.50. The molecule has 8 nitrogen and oxygen atoms in total. The normalized spacial score (nSPS) is 19.1. The van der Waals surface area contributed by atoms with E-state index < -0.39 is 40.2 Å². The second kappa shape index (κ2) is 6.97. The minimum Gasteiger partial charge on any atom is -0.457 e. The molecule has 86 valence electrons. The number of carbonyl (C=O) groups is 3. The third kappa shape index (κ3) is 3.83. The molecule has 0 aliphatic carbocycles. The van der Waals surface area contributed by atoms with Crippen LogP contribution in [0, 0.1) is 0 Å². The predicted molar refractivity (Wildman–Crippen MR) is 45.6 cm³/mol. The number of rotatable bonds is 2. The van der Waals surface area contributed by atoms with E-state index in [0.717, 1.165) is 6.92 Å². The number of hydrogen-bond acceptors (Lipinski definition) is 7. The summed E-state index contributed by atoms with van der Waals surface area (Å²) >= 11 is 0. The van der Waals surface area contributed by atoms with Crippen LogP contribution in [0.1, 0.15) is 13.3 Å². The largest absolute Gasteiger partial charge is 1.00 e. The van der Waals surface area contributed by atoms with E-state index in [-0.39, 0.29) is 40.1 Å². The molecule has 0 spiro atoms. The molecule has 0 radical (unpaired) electrons. The second-order valence-electron chi connectivity index (χ2n) is 2.56. The molecular formula is C6H9NNaO7S+. The third-order valence-corrected chi connectivity index (χ3v) is 2.35. The van der Waals surface area contributed by atoms with Gasteiger partial charge in [0.1, 0.15) is 0 Å². The Balaban J connectivity index is 0. The van der Waals surface area contributed by atoms with E-state index in [1.807, 2.05) is 0 Å². The molecule has 2 amide bonds. The minimum atomic E-state index is -2.68. The molecule has 1 aliphatic heterocycles. The van der Waals surface area contributed by atoms with E-state index in [1.165, 1.54) is 0 Å². The van der Waals surface area contributed by atoms with E-state index >= 15 is 0 Å². The van der Waals surface area contributed by atoms with Gasteiger partial charge in [0.2, 0.25) is 0 Å². The zero-order valence-electron chi connectivity index (χ0n) is 8.67. The van der Waals surface area contributed by atoms with Crippen molar-refractivity contribution in [3.8, 4) is 0 Å². The van der Waals surface area contributed by atoms with Gasteiger partial charge in [0.05, 0.1) is 0 Å². The van der Waals surface area contributed by atoms with Crippen LogP contribution in [0.4, 0.5) is 0 Å². The molecule has 1 saturated heterocycles. The van der Waals surface area contributed by atoms with Gasteiger partial charge in [-0.15, -0.1) is 5.06 Å². The topological polar surface area (TPSA) is 131 Å². The van der Waals surface area contributed by atoms with Crippen molar-refractivity contribution in [3.63, 3.8) is 0 Å². The van der Waals surface area contributed by atoms with Crippen LogP contribution in [0.3, 0.4) is 0 Å². The van der Waals surface area contributed by atoms with Crippen molar-refractivity contribution in [1.82, 2.24) is 5.06 Å². The van der Waals surface area contributed by atoms with Gasteiger partial charge in [-0.05, 0) is 0 Å². The van der Waals surface area contributed by atoms with Crippen molar-refractivity contribution in [2.75, 3.05) is 0 Å². The van der Waals surface area contributed by atoms with Gasteiger partial charge in [0, 0.05) is 18.6 Å².